The topological polar surface area (TPSA) is 130 Å². The molecule has 0 unspecified atom stereocenters. The second-order valence-corrected chi connectivity index (χ2v) is 9.55. The van der Waals surface area contributed by atoms with E-state index >= 15 is 0 Å². The zero-order valence-electron chi connectivity index (χ0n) is 21.8. The van der Waals surface area contributed by atoms with Crippen molar-refractivity contribution in [1.82, 2.24) is 25.7 Å². The summed E-state index contributed by atoms with van der Waals surface area (Å²) in [4.78, 5) is 25.7. The maximum absolute atomic E-state index is 13.5. The van der Waals surface area contributed by atoms with E-state index in [1.54, 1.807) is 30.3 Å². The van der Waals surface area contributed by atoms with Crippen LogP contribution < -0.4 is 21.3 Å². The number of para-hydroxylation sites is 1. The lowest BCUT2D eigenvalue weighted by atomic mass is 9.92. The summed E-state index contributed by atoms with van der Waals surface area (Å²) < 4.78 is 47.0. The SMILES string of the molecule is COCc1ccc(C(F)(F)F)c(CNC(=O)Nc2cc(C(=O)NCC3(O)CCNCC3)nn2-c2ccccc2)c1. The first-order valence-electron chi connectivity index (χ1n) is 12.7. The maximum atomic E-state index is 13.5. The molecule has 0 spiro atoms. The van der Waals surface area contributed by atoms with Gasteiger partial charge in [-0.25, -0.2) is 9.48 Å². The average Bonchev–Trinajstić information content (AvgIpc) is 3.35. The number of aromatic nitrogens is 2. The Bertz CT molecular complexity index is 1320. The second kappa shape index (κ2) is 12.5. The number of rotatable bonds is 9. The minimum Gasteiger partial charge on any atom is -0.388 e. The average molecular weight is 561 g/mol. The lowest BCUT2D eigenvalue weighted by molar-refractivity contribution is -0.138. The van der Waals surface area contributed by atoms with Gasteiger partial charge in [0, 0.05) is 26.3 Å². The van der Waals surface area contributed by atoms with Crippen LogP contribution in [0.4, 0.5) is 23.8 Å². The van der Waals surface area contributed by atoms with Gasteiger partial charge in [0.25, 0.3) is 5.91 Å². The second-order valence-electron chi connectivity index (χ2n) is 9.55. The van der Waals surface area contributed by atoms with E-state index in [-0.39, 0.29) is 30.2 Å². The van der Waals surface area contributed by atoms with Gasteiger partial charge < -0.3 is 25.8 Å². The molecule has 0 atom stereocenters. The number of carbonyl (C=O) groups excluding carboxylic acids is 2. The fourth-order valence-corrected chi connectivity index (χ4v) is 4.41. The zero-order valence-corrected chi connectivity index (χ0v) is 21.8. The Balaban J connectivity index is 1.50. The highest BCUT2D eigenvalue weighted by Crippen LogP contribution is 2.32. The van der Waals surface area contributed by atoms with Crippen LogP contribution in [0.2, 0.25) is 0 Å². The van der Waals surface area contributed by atoms with E-state index < -0.39 is 35.8 Å². The molecule has 13 heteroatoms. The van der Waals surface area contributed by atoms with Gasteiger partial charge in [0.1, 0.15) is 5.82 Å². The number of urea groups is 1. The third-order valence-electron chi connectivity index (χ3n) is 6.52. The first-order chi connectivity index (χ1) is 19.1. The molecule has 5 N–H and O–H groups in total. The van der Waals surface area contributed by atoms with Crippen LogP contribution in [-0.4, -0.2) is 59.2 Å². The van der Waals surface area contributed by atoms with Crippen molar-refractivity contribution in [2.45, 2.75) is 37.8 Å². The van der Waals surface area contributed by atoms with Crippen molar-refractivity contribution >= 4 is 17.8 Å². The molecule has 1 aromatic heterocycles. The van der Waals surface area contributed by atoms with Crippen LogP contribution in [0.25, 0.3) is 5.69 Å². The van der Waals surface area contributed by atoms with Gasteiger partial charge in [-0.15, -0.1) is 0 Å². The summed E-state index contributed by atoms with van der Waals surface area (Å²) in [5.74, 6) is -0.423. The Labute approximate surface area is 228 Å². The van der Waals surface area contributed by atoms with Crippen LogP contribution in [0.5, 0.6) is 0 Å². The lowest BCUT2D eigenvalue weighted by Gasteiger charge is -2.32. The van der Waals surface area contributed by atoms with Gasteiger partial charge >= 0.3 is 12.2 Å². The number of aliphatic hydroxyl groups is 1. The molecule has 40 heavy (non-hydrogen) atoms. The summed E-state index contributed by atoms with van der Waals surface area (Å²) in [6.45, 7) is 1.03. The molecule has 10 nitrogen and oxygen atoms in total. The number of piperidine rings is 1. The molecule has 4 rings (SSSR count). The normalized spacial score (nSPS) is 14.9. The van der Waals surface area contributed by atoms with Gasteiger partial charge in [0.2, 0.25) is 0 Å². The minimum absolute atomic E-state index is 0.0108. The van der Waals surface area contributed by atoms with Crippen LogP contribution in [-0.2, 0) is 24.1 Å². The quantitative estimate of drug-likeness (QED) is 0.273. The Morgan fingerprint density at radius 2 is 1.82 bits per heavy atom. The molecule has 2 aromatic carbocycles. The first-order valence-corrected chi connectivity index (χ1v) is 12.7. The molecule has 3 amide bonds. The molecule has 3 aromatic rings. The molecule has 1 saturated heterocycles. The minimum atomic E-state index is -4.60. The van der Waals surface area contributed by atoms with Crippen molar-refractivity contribution < 1.29 is 32.6 Å². The van der Waals surface area contributed by atoms with Gasteiger partial charge in [0.15, 0.2) is 5.69 Å². The standard InChI is InChI=1S/C27H31F3N6O4/c1-40-16-18-7-8-21(27(28,29)30)19(13-18)15-32-25(38)34-23-14-22(35-36(23)20-5-3-2-4-6-20)24(37)33-17-26(39)9-11-31-12-10-26/h2-8,13-14,31,39H,9-12,15-17H2,1H3,(H,33,37)(H2,32,34,38). The molecule has 1 aliphatic rings. The van der Waals surface area contributed by atoms with Crippen molar-refractivity contribution in [2.24, 2.45) is 0 Å². The molecule has 1 aliphatic heterocycles. The fourth-order valence-electron chi connectivity index (χ4n) is 4.41. The zero-order chi connectivity index (χ0) is 28.8. The Morgan fingerprint density at radius 3 is 2.50 bits per heavy atom. The summed E-state index contributed by atoms with van der Waals surface area (Å²) in [6, 6.07) is 12.9. The Kier molecular flexibility index (Phi) is 9.07. The van der Waals surface area contributed by atoms with Gasteiger partial charge in [-0.2, -0.15) is 18.3 Å². The third-order valence-corrected chi connectivity index (χ3v) is 6.52. The highest BCUT2D eigenvalue weighted by molar-refractivity contribution is 5.95. The van der Waals surface area contributed by atoms with Gasteiger partial charge in [-0.05, 0) is 55.3 Å². The van der Waals surface area contributed by atoms with Crippen molar-refractivity contribution in [3.8, 4) is 5.69 Å². The van der Waals surface area contributed by atoms with Crippen molar-refractivity contribution in [2.75, 3.05) is 32.1 Å². The number of nitrogens with zero attached hydrogens (tertiary/aromatic N) is 2. The number of hydrogen-bond donors (Lipinski definition) is 5. The number of nitrogens with one attached hydrogen (secondary N) is 4. The van der Waals surface area contributed by atoms with Crippen molar-refractivity contribution in [3.63, 3.8) is 0 Å². The van der Waals surface area contributed by atoms with Gasteiger partial charge in [-0.1, -0.05) is 30.3 Å². The van der Waals surface area contributed by atoms with E-state index in [1.165, 1.54) is 30.0 Å². The largest absolute Gasteiger partial charge is 0.416 e. The molecule has 0 radical (unpaired) electrons. The van der Waals surface area contributed by atoms with Gasteiger partial charge in [0.05, 0.1) is 23.5 Å². The summed E-state index contributed by atoms with van der Waals surface area (Å²) in [5, 5.41) is 25.9. The van der Waals surface area contributed by atoms with E-state index in [2.05, 4.69) is 26.4 Å². The summed E-state index contributed by atoms with van der Waals surface area (Å²) in [7, 11) is 1.43. The smallest absolute Gasteiger partial charge is 0.388 e. The molecular weight excluding hydrogens is 529 g/mol. The lowest BCUT2D eigenvalue weighted by Crippen LogP contribution is -2.49. The highest BCUT2D eigenvalue weighted by atomic mass is 19.4. The van der Waals surface area contributed by atoms with E-state index in [0.29, 0.717) is 37.2 Å². The molecule has 0 bridgehead atoms. The Hall–Kier alpha value is -3.94. The summed E-state index contributed by atoms with van der Waals surface area (Å²) >= 11 is 0. The number of methoxy groups -OCH3 is 1. The monoisotopic (exact) mass is 560 g/mol. The van der Waals surface area contributed by atoms with Crippen LogP contribution in [0.15, 0.2) is 54.6 Å². The van der Waals surface area contributed by atoms with Gasteiger partial charge in [-0.3, -0.25) is 10.1 Å². The number of benzene rings is 2. The molecule has 0 aliphatic carbocycles. The van der Waals surface area contributed by atoms with Crippen molar-refractivity contribution in [3.05, 3.63) is 77.0 Å². The predicted octanol–water partition coefficient (Wildman–Crippen LogP) is 3.20. The third kappa shape index (κ3) is 7.37. The van der Waals surface area contributed by atoms with Crippen LogP contribution in [0.1, 0.15) is 40.0 Å². The number of anilines is 1. The number of hydrogen-bond acceptors (Lipinski definition) is 6. The van der Waals surface area contributed by atoms with E-state index in [9.17, 15) is 27.9 Å². The van der Waals surface area contributed by atoms with Crippen molar-refractivity contribution in [1.29, 1.82) is 0 Å². The molecule has 214 valence electrons. The molecular formula is C27H31F3N6O4. The first kappa shape index (κ1) is 29.1. The maximum Gasteiger partial charge on any atom is 0.416 e. The van der Waals surface area contributed by atoms with Crippen LogP contribution in [0, 0.1) is 0 Å². The summed E-state index contributed by atoms with van der Waals surface area (Å²) in [6.07, 6.45) is -3.62. The molecule has 2 heterocycles. The predicted molar refractivity (Wildman–Crippen MR) is 141 cm³/mol. The summed E-state index contributed by atoms with van der Waals surface area (Å²) in [5.41, 5.74) is -0.955. The number of halogens is 3. The molecule has 1 fully saturated rings. The van der Waals surface area contributed by atoms with Crippen LogP contribution in [0.3, 0.4) is 0 Å². The Morgan fingerprint density at radius 1 is 1.10 bits per heavy atom. The number of ether oxygens (including phenoxy) is 1. The van der Waals surface area contributed by atoms with Crippen LogP contribution >= 0.6 is 0 Å². The van der Waals surface area contributed by atoms with E-state index in [4.69, 9.17) is 4.74 Å². The number of alkyl halides is 3. The van der Waals surface area contributed by atoms with E-state index in [0.717, 1.165) is 6.07 Å². The molecule has 0 saturated carbocycles. The van der Waals surface area contributed by atoms with E-state index in [1.807, 2.05) is 0 Å². The highest BCUT2D eigenvalue weighted by Gasteiger charge is 2.33. The number of carbonyl (C=O) groups is 2. The number of amides is 3. The fraction of sp³-hybridized carbons (Fsp3) is 0.370.